The summed E-state index contributed by atoms with van der Waals surface area (Å²) in [5.74, 6) is -0.220. The largest absolute Gasteiger partial charge is 0.490 e. The zero-order valence-corrected chi connectivity index (χ0v) is 10.2. The van der Waals surface area contributed by atoms with Crippen LogP contribution < -0.4 is 15.4 Å². The number of hydrogen-bond acceptors (Lipinski definition) is 5. The molecule has 7 nitrogen and oxygen atoms in total. The Balaban J connectivity index is 2.87. The molecule has 0 aliphatic carbocycles. The van der Waals surface area contributed by atoms with Crippen molar-refractivity contribution in [2.75, 3.05) is 27.2 Å². The summed E-state index contributed by atoms with van der Waals surface area (Å²) in [7, 11) is 3.11. The van der Waals surface area contributed by atoms with Gasteiger partial charge in [-0.05, 0) is 19.2 Å². The number of methoxy groups -OCH3 is 1. The topological polar surface area (TPSA) is 93.5 Å². The standard InChI is InChI=1S/C11H15N3O4/c1-12-5-6-13-11(15)8-3-4-10(18-2)9(7-8)14(16)17/h3-4,7,12H,5-6H2,1-2H3,(H,13,15). The number of nitro groups is 1. The van der Waals surface area contributed by atoms with Crippen LogP contribution in [0.15, 0.2) is 18.2 Å². The van der Waals surface area contributed by atoms with Crippen LogP contribution in [-0.4, -0.2) is 38.1 Å². The third-order valence-corrected chi connectivity index (χ3v) is 2.30. The first-order chi connectivity index (χ1) is 8.60. The zero-order chi connectivity index (χ0) is 13.5. The van der Waals surface area contributed by atoms with E-state index < -0.39 is 4.92 Å². The van der Waals surface area contributed by atoms with Crippen LogP contribution in [0.1, 0.15) is 10.4 Å². The van der Waals surface area contributed by atoms with Gasteiger partial charge in [0, 0.05) is 24.7 Å². The van der Waals surface area contributed by atoms with Gasteiger partial charge in [-0.3, -0.25) is 14.9 Å². The number of carbonyl (C=O) groups is 1. The van der Waals surface area contributed by atoms with Crippen molar-refractivity contribution in [3.63, 3.8) is 0 Å². The van der Waals surface area contributed by atoms with Crippen LogP contribution in [0.4, 0.5) is 5.69 Å². The van der Waals surface area contributed by atoms with Crippen molar-refractivity contribution in [2.45, 2.75) is 0 Å². The summed E-state index contributed by atoms with van der Waals surface area (Å²) in [4.78, 5) is 21.9. The fraction of sp³-hybridized carbons (Fsp3) is 0.364. The van der Waals surface area contributed by atoms with E-state index >= 15 is 0 Å². The first-order valence-electron chi connectivity index (χ1n) is 5.35. The Hall–Kier alpha value is -2.15. The van der Waals surface area contributed by atoms with Crippen molar-refractivity contribution in [3.05, 3.63) is 33.9 Å². The van der Waals surface area contributed by atoms with Gasteiger partial charge in [0.05, 0.1) is 12.0 Å². The molecule has 1 aromatic carbocycles. The lowest BCUT2D eigenvalue weighted by Gasteiger charge is -2.06. The highest BCUT2D eigenvalue weighted by atomic mass is 16.6. The lowest BCUT2D eigenvalue weighted by molar-refractivity contribution is -0.385. The van der Waals surface area contributed by atoms with Gasteiger partial charge in [-0.2, -0.15) is 0 Å². The fourth-order valence-electron chi connectivity index (χ4n) is 1.38. The lowest BCUT2D eigenvalue weighted by Crippen LogP contribution is -2.30. The maximum Gasteiger partial charge on any atom is 0.311 e. The summed E-state index contributed by atoms with van der Waals surface area (Å²) in [6.07, 6.45) is 0. The Kier molecular flexibility index (Phi) is 5.06. The molecular weight excluding hydrogens is 238 g/mol. The van der Waals surface area contributed by atoms with E-state index in [-0.39, 0.29) is 22.9 Å². The van der Waals surface area contributed by atoms with E-state index in [9.17, 15) is 14.9 Å². The molecule has 18 heavy (non-hydrogen) atoms. The van der Waals surface area contributed by atoms with E-state index in [0.29, 0.717) is 13.1 Å². The number of carbonyl (C=O) groups excluding carboxylic acids is 1. The second-order valence-electron chi connectivity index (χ2n) is 3.50. The van der Waals surface area contributed by atoms with Crippen LogP contribution >= 0.6 is 0 Å². The molecular formula is C11H15N3O4. The molecule has 1 aromatic rings. The van der Waals surface area contributed by atoms with Crippen LogP contribution in [0.2, 0.25) is 0 Å². The maximum atomic E-state index is 11.7. The minimum absolute atomic E-state index is 0.131. The van der Waals surface area contributed by atoms with Crippen molar-refractivity contribution in [1.82, 2.24) is 10.6 Å². The van der Waals surface area contributed by atoms with Gasteiger partial charge in [0.2, 0.25) is 0 Å². The number of nitrogens with one attached hydrogen (secondary N) is 2. The molecule has 2 N–H and O–H groups in total. The van der Waals surface area contributed by atoms with Crippen LogP contribution in [0.5, 0.6) is 5.75 Å². The summed E-state index contributed by atoms with van der Waals surface area (Å²) in [6, 6.07) is 4.10. The summed E-state index contributed by atoms with van der Waals surface area (Å²) < 4.78 is 4.86. The normalized spacial score (nSPS) is 9.89. The number of rotatable bonds is 6. The van der Waals surface area contributed by atoms with Gasteiger partial charge >= 0.3 is 5.69 Å². The second kappa shape index (κ2) is 6.55. The third kappa shape index (κ3) is 3.42. The van der Waals surface area contributed by atoms with Gasteiger partial charge in [0.15, 0.2) is 5.75 Å². The van der Waals surface area contributed by atoms with E-state index in [1.807, 2.05) is 0 Å². The molecule has 0 saturated heterocycles. The summed E-state index contributed by atoms with van der Waals surface area (Å²) in [5.41, 5.74) is 0.0115. The number of likely N-dealkylation sites (N-methyl/N-ethyl adjacent to an activating group) is 1. The van der Waals surface area contributed by atoms with E-state index in [1.165, 1.54) is 25.3 Å². The summed E-state index contributed by atoms with van der Waals surface area (Å²) in [6.45, 7) is 1.08. The van der Waals surface area contributed by atoms with Gasteiger partial charge in [0.1, 0.15) is 0 Å². The third-order valence-electron chi connectivity index (χ3n) is 2.30. The van der Waals surface area contributed by atoms with E-state index in [2.05, 4.69) is 10.6 Å². The molecule has 0 saturated carbocycles. The Labute approximate surface area is 104 Å². The molecule has 0 aromatic heterocycles. The highest BCUT2D eigenvalue weighted by molar-refractivity contribution is 5.95. The average molecular weight is 253 g/mol. The smallest absolute Gasteiger partial charge is 0.311 e. The highest BCUT2D eigenvalue weighted by Crippen LogP contribution is 2.27. The molecule has 1 rings (SSSR count). The first kappa shape index (κ1) is 13.9. The molecule has 98 valence electrons. The SMILES string of the molecule is CNCCNC(=O)c1ccc(OC)c([N+](=O)[O-])c1. The molecule has 0 aliphatic rings. The van der Waals surface area contributed by atoms with Crippen molar-refractivity contribution in [1.29, 1.82) is 0 Å². The van der Waals surface area contributed by atoms with E-state index in [4.69, 9.17) is 4.74 Å². The Morgan fingerprint density at radius 3 is 2.72 bits per heavy atom. The molecule has 0 bridgehead atoms. The zero-order valence-electron chi connectivity index (χ0n) is 10.2. The van der Waals surface area contributed by atoms with Crippen LogP contribution in [0.3, 0.4) is 0 Å². The second-order valence-corrected chi connectivity index (χ2v) is 3.50. The molecule has 7 heteroatoms. The molecule has 0 aliphatic heterocycles. The first-order valence-corrected chi connectivity index (χ1v) is 5.35. The van der Waals surface area contributed by atoms with Crippen molar-refractivity contribution in [3.8, 4) is 5.75 Å². The van der Waals surface area contributed by atoms with E-state index in [0.717, 1.165) is 0 Å². The monoisotopic (exact) mass is 253 g/mol. The minimum atomic E-state index is -0.580. The lowest BCUT2D eigenvalue weighted by atomic mass is 10.1. The number of hydrogen-bond donors (Lipinski definition) is 2. The van der Waals surface area contributed by atoms with Crippen molar-refractivity contribution in [2.24, 2.45) is 0 Å². The van der Waals surface area contributed by atoms with Gasteiger partial charge in [-0.15, -0.1) is 0 Å². The Morgan fingerprint density at radius 2 is 2.17 bits per heavy atom. The average Bonchev–Trinajstić information content (AvgIpc) is 2.38. The number of benzene rings is 1. The quantitative estimate of drug-likeness (QED) is 0.439. The van der Waals surface area contributed by atoms with Gasteiger partial charge < -0.3 is 15.4 Å². The summed E-state index contributed by atoms with van der Waals surface area (Å²) in [5, 5.41) is 16.3. The molecule has 1 amide bonds. The van der Waals surface area contributed by atoms with Crippen molar-refractivity contribution >= 4 is 11.6 Å². The minimum Gasteiger partial charge on any atom is -0.490 e. The van der Waals surface area contributed by atoms with Crippen molar-refractivity contribution < 1.29 is 14.5 Å². The van der Waals surface area contributed by atoms with Gasteiger partial charge in [0.25, 0.3) is 5.91 Å². The van der Waals surface area contributed by atoms with Gasteiger partial charge in [-0.1, -0.05) is 0 Å². The Bertz CT molecular complexity index is 448. The number of nitro benzene ring substituents is 1. The predicted octanol–water partition coefficient (Wildman–Crippen LogP) is 0.553. The molecule has 0 spiro atoms. The molecule has 0 heterocycles. The highest BCUT2D eigenvalue weighted by Gasteiger charge is 2.17. The fourth-order valence-corrected chi connectivity index (χ4v) is 1.38. The molecule has 0 atom stereocenters. The number of nitrogens with zero attached hydrogens (tertiary/aromatic N) is 1. The number of amides is 1. The maximum absolute atomic E-state index is 11.7. The van der Waals surface area contributed by atoms with Crippen LogP contribution in [0.25, 0.3) is 0 Å². The number of ether oxygens (including phenoxy) is 1. The van der Waals surface area contributed by atoms with Crippen LogP contribution in [-0.2, 0) is 0 Å². The van der Waals surface area contributed by atoms with Crippen LogP contribution in [0, 0.1) is 10.1 Å². The molecule has 0 unspecified atom stereocenters. The Morgan fingerprint density at radius 1 is 1.44 bits per heavy atom. The predicted molar refractivity (Wildman–Crippen MR) is 65.9 cm³/mol. The van der Waals surface area contributed by atoms with E-state index in [1.54, 1.807) is 7.05 Å². The summed E-state index contributed by atoms with van der Waals surface area (Å²) >= 11 is 0. The van der Waals surface area contributed by atoms with Gasteiger partial charge in [-0.25, -0.2) is 0 Å². The molecule has 0 fully saturated rings. The molecule has 0 radical (unpaired) electrons.